The Labute approximate surface area is 160 Å². The van der Waals surface area contributed by atoms with Crippen molar-refractivity contribution >= 4 is 40.7 Å². The van der Waals surface area contributed by atoms with Crippen molar-refractivity contribution in [1.29, 1.82) is 0 Å². The molecule has 1 amide bonds. The van der Waals surface area contributed by atoms with Gasteiger partial charge in [0.1, 0.15) is 5.69 Å². The highest BCUT2D eigenvalue weighted by atomic mass is 32.2. The van der Waals surface area contributed by atoms with E-state index in [1.54, 1.807) is 31.1 Å². The van der Waals surface area contributed by atoms with Crippen molar-refractivity contribution in [2.45, 2.75) is 4.90 Å². The standard InChI is InChI=1S/C18H19N3O5S/c1-20(2)14-9-8-12(10-15(14)21(24)25)18(23)26-11-17(22)19-13-6-4-5-7-16(13)27-3/h4-10H,11H2,1-3H3,(H,19,22). The van der Waals surface area contributed by atoms with Gasteiger partial charge in [0.05, 0.1) is 16.2 Å². The molecule has 0 aromatic heterocycles. The van der Waals surface area contributed by atoms with Gasteiger partial charge in [-0.05, 0) is 30.5 Å². The molecule has 0 spiro atoms. The van der Waals surface area contributed by atoms with Crippen molar-refractivity contribution in [3.8, 4) is 0 Å². The molecular formula is C18H19N3O5S. The largest absolute Gasteiger partial charge is 0.452 e. The third-order valence-electron chi connectivity index (χ3n) is 3.61. The van der Waals surface area contributed by atoms with Crippen LogP contribution in [0.3, 0.4) is 0 Å². The first-order valence-electron chi connectivity index (χ1n) is 7.89. The first kappa shape index (κ1) is 20.2. The highest BCUT2D eigenvalue weighted by Crippen LogP contribution is 2.28. The fraction of sp³-hybridized carbons (Fsp3) is 0.222. The second-order valence-corrected chi connectivity index (χ2v) is 6.53. The Morgan fingerprint density at radius 1 is 1.22 bits per heavy atom. The number of rotatable bonds is 7. The molecule has 0 saturated carbocycles. The Morgan fingerprint density at radius 2 is 1.93 bits per heavy atom. The Morgan fingerprint density at radius 3 is 2.56 bits per heavy atom. The smallest absolute Gasteiger partial charge is 0.338 e. The summed E-state index contributed by atoms with van der Waals surface area (Å²) in [7, 11) is 3.33. The number of ether oxygens (including phenoxy) is 1. The number of hydrogen-bond donors (Lipinski definition) is 1. The maximum atomic E-state index is 12.1. The summed E-state index contributed by atoms with van der Waals surface area (Å²) in [6.07, 6.45) is 1.88. The molecule has 0 unspecified atom stereocenters. The SMILES string of the molecule is CSc1ccccc1NC(=O)COC(=O)c1ccc(N(C)C)c([N+](=O)[O-])c1. The van der Waals surface area contributed by atoms with Gasteiger partial charge in [0.15, 0.2) is 6.61 Å². The summed E-state index contributed by atoms with van der Waals surface area (Å²) in [5.41, 5.74) is 0.775. The van der Waals surface area contributed by atoms with Crippen LogP contribution in [-0.4, -0.2) is 43.8 Å². The predicted molar refractivity (Wildman–Crippen MR) is 105 cm³/mol. The van der Waals surface area contributed by atoms with E-state index in [4.69, 9.17) is 4.74 Å². The highest BCUT2D eigenvalue weighted by molar-refractivity contribution is 7.98. The van der Waals surface area contributed by atoms with Gasteiger partial charge in [-0.15, -0.1) is 11.8 Å². The maximum Gasteiger partial charge on any atom is 0.338 e. The number of anilines is 2. The predicted octanol–water partition coefficient (Wildman–Crippen LogP) is 3.18. The van der Waals surface area contributed by atoms with Crippen molar-refractivity contribution < 1.29 is 19.2 Å². The van der Waals surface area contributed by atoms with Crippen molar-refractivity contribution in [1.82, 2.24) is 0 Å². The van der Waals surface area contributed by atoms with E-state index in [1.165, 1.54) is 23.9 Å². The van der Waals surface area contributed by atoms with Gasteiger partial charge in [-0.1, -0.05) is 12.1 Å². The first-order chi connectivity index (χ1) is 12.8. The lowest BCUT2D eigenvalue weighted by atomic mass is 10.1. The summed E-state index contributed by atoms with van der Waals surface area (Å²) in [5.74, 6) is -1.30. The molecule has 2 rings (SSSR count). The molecule has 0 aliphatic heterocycles. The minimum Gasteiger partial charge on any atom is -0.452 e. The molecule has 0 saturated heterocycles. The molecule has 1 N–H and O–H groups in total. The van der Waals surface area contributed by atoms with Crippen LogP contribution < -0.4 is 10.2 Å². The second-order valence-electron chi connectivity index (χ2n) is 5.68. The number of esters is 1. The molecule has 0 atom stereocenters. The fourth-order valence-electron chi connectivity index (χ4n) is 2.32. The number of nitro groups is 1. The first-order valence-corrected chi connectivity index (χ1v) is 9.11. The number of nitro benzene ring substituents is 1. The zero-order valence-corrected chi connectivity index (χ0v) is 15.9. The van der Waals surface area contributed by atoms with Crippen LogP contribution in [0.15, 0.2) is 47.4 Å². The van der Waals surface area contributed by atoms with Crippen LogP contribution in [0.25, 0.3) is 0 Å². The van der Waals surface area contributed by atoms with E-state index in [2.05, 4.69) is 5.32 Å². The average molecular weight is 389 g/mol. The van der Waals surface area contributed by atoms with Gasteiger partial charge < -0.3 is 15.0 Å². The van der Waals surface area contributed by atoms with Crippen LogP contribution in [-0.2, 0) is 9.53 Å². The summed E-state index contributed by atoms with van der Waals surface area (Å²) in [5, 5.41) is 13.9. The van der Waals surface area contributed by atoms with Gasteiger partial charge in [0.25, 0.3) is 11.6 Å². The molecule has 2 aromatic carbocycles. The zero-order chi connectivity index (χ0) is 20.0. The van der Waals surface area contributed by atoms with Crippen LogP contribution in [0.1, 0.15) is 10.4 Å². The van der Waals surface area contributed by atoms with E-state index in [0.717, 1.165) is 11.0 Å². The second kappa shape index (κ2) is 9.04. The molecule has 142 valence electrons. The number of benzene rings is 2. The van der Waals surface area contributed by atoms with Gasteiger partial charge in [-0.3, -0.25) is 14.9 Å². The number of hydrogen-bond acceptors (Lipinski definition) is 7. The van der Waals surface area contributed by atoms with Crippen LogP contribution in [0, 0.1) is 10.1 Å². The van der Waals surface area contributed by atoms with Crippen LogP contribution in [0.4, 0.5) is 17.1 Å². The number of carbonyl (C=O) groups excluding carboxylic acids is 2. The molecule has 0 bridgehead atoms. The number of carbonyl (C=O) groups is 2. The van der Waals surface area contributed by atoms with Gasteiger partial charge >= 0.3 is 5.97 Å². The quantitative estimate of drug-likeness (QED) is 0.336. The minimum atomic E-state index is -0.809. The van der Waals surface area contributed by atoms with Crippen LogP contribution >= 0.6 is 11.8 Å². The average Bonchev–Trinajstić information content (AvgIpc) is 2.65. The molecule has 9 heteroatoms. The van der Waals surface area contributed by atoms with E-state index in [9.17, 15) is 19.7 Å². The third-order valence-corrected chi connectivity index (χ3v) is 4.40. The van der Waals surface area contributed by atoms with Crippen molar-refractivity contribution in [3.63, 3.8) is 0 Å². The molecule has 0 radical (unpaired) electrons. The van der Waals surface area contributed by atoms with Crippen molar-refractivity contribution in [2.24, 2.45) is 0 Å². The minimum absolute atomic E-state index is 0.00427. The highest BCUT2D eigenvalue weighted by Gasteiger charge is 2.20. The Bertz CT molecular complexity index is 870. The lowest BCUT2D eigenvalue weighted by Crippen LogP contribution is -2.21. The third kappa shape index (κ3) is 5.20. The van der Waals surface area contributed by atoms with Gasteiger partial charge in [0.2, 0.25) is 0 Å². The molecular weight excluding hydrogens is 370 g/mol. The number of nitrogens with zero attached hydrogens (tertiary/aromatic N) is 2. The van der Waals surface area contributed by atoms with Crippen LogP contribution in [0.2, 0.25) is 0 Å². The van der Waals surface area contributed by atoms with E-state index in [-0.39, 0.29) is 11.3 Å². The van der Waals surface area contributed by atoms with Crippen molar-refractivity contribution in [3.05, 3.63) is 58.1 Å². The van der Waals surface area contributed by atoms with Gasteiger partial charge in [0, 0.05) is 25.1 Å². The summed E-state index contributed by atoms with van der Waals surface area (Å²) in [6.45, 7) is -0.495. The lowest BCUT2D eigenvalue weighted by molar-refractivity contribution is -0.384. The Balaban J connectivity index is 2.04. The molecule has 2 aromatic rings. The fourth-order valence-corrected chi connectivity index (χ4v) is 2.88. The molecule has 8 nitrogen and oxygen atoms in total. The molecule has 0 aliphatic rings. The topological polar surface area (TPSA) is 102 Å². The molecule has 0 aliphatic carbocycles. The number of thioether (sulfide) groups is 1. The summed E-state index contributed by atoms with van der Waals surface area (Å²) in [4.78, 5) is 37.2. The lowest BCUT2D eigenvalue weighted by Gasteiger charge is -2.13. The van der Waals surface area contributed by atoms with Gasteiger partial charge in [-0.2, -0.15) is 0 Å². The van der Waals surface area contributed by atoms with E-state index in [1.807, 2.05) is 18.4 Å². The number of nitrogens with one attached hydrogen (secondary N) is 1. The monoisotopic (exact) mass is 389 g/mol. The van der Waals surface area contributed by atoms with Crippen molar-refractivity contribution in [2.75, 3.05) is 37.2 Å². The van der Waals surface area contributed by atoms with Crippen LogP contribution in [0.5, 0.6) is 0 Å². The summed E-state index contributed by atoms with van der Waals surface area (Å²) < 4.78 is 4.98. The van der Waals surface area contributed by atoms with E-state index < -0.39 is 23.4 Å². The number of amides is 1. The summed E-state index contributed by atoms with van der Waals surface area (Å²) in [6, 6.07) is 11.3. The Kier molecular flexibility index (Phi) is 6.78. The zero-order valence-electron chi connectivity index (χ0n) is 15.1. The maximum absolute atomic E-state index is 12.1. The molecule has 27 heavy (non-hydrogen) atoms. The van der Waals surface area contributed by atoms with Gasteiger partial charge in [-0.25, -0.2) is 4.79 Å². The molecule has 0 fully saturated rings. The number of para-hydroxylation sites is 1. The van der Waals surface area contributed by atoms with E-state index in [0.29, 0.717) is 11.4 Å². The Hall–Kier alpha value is -3.07. The van der Waals surface area contributed by atoms with E-state index >= 15 is 0 Å². The molecule has 0 heterocycles. The normalized spacial score (nSPS) is 10.2. The summed E-state index contributed by atoms with van der Waals surface area (Å²) >= 11 is 1.48.